The first-order valence-electron chi connectivity index (χ1n) is 7.61. The highest BCUT2D eigenvalue weighted by molar-refractivity contribution is 5.87. The Morgan fingerprint density at radius 3 is 3.30 bits per heavy atom. The summed E-state index contributed by atoms with van der Waals surface area (Å²) in [7, 11) is 0. The quantitative estimate of drug-likeness (QED) is 0.597. The standard InChI is InChI=1S/C16H20N2O2/c1-2-6-17-12-8-11-9-15(19)20-16(11)10-13(12)18-7-4-3-5-14(16)18/h1,9,12-14,17H,3-8,10H2/t12-,13-,14+,16-/m0/s1. The van der Waals surface area contributed by atoms with Crippen LogP contribution in [0.2, 0.25) is 0 Å². The third kappa shape index (κ3) is 1.54. The van der Waals surface area contributed by atoms with Crippen LogP contribution < -0.4 is 5.32 Å². The summed E-state index contributed by atoms with van der Waals surface area (Å²) in [5, 5.41) is 3.47. The van der Waals surface area contributed by atoms with Gasteiger partial charge in [0.2, 0.25) is 0 Å². The van der Waals surface area contributed by atoms with Crippen molar-refractivity contribution in [3.05, 3.63) is 11.6 Å². The van der Waals surface area contributed by atoms with E-state index in [0.29, 0.717) is 24.7 Å². The summed E-state index contributed by atoms with van der Waals surface area (Å²) in [5.74, 6) is 2.52. The van der Waals surface area contributed by atoms with Crippen LogP contribution in [0, 0.1) is 12.3 Å². The Kier molecular flexibility index (Phi) is 2.70. The topological polar surface area (TPSA) is 41.6 Å². The number of piperidine rings is 1. The molecule has 2 bridgehead atoms. The second-order valence-corrected chi connectivity index (χ2v) is 6.40. The molecule has 0 radical (unpaired) electrons. The Labute approximate surface area is 119 Å². The average Bonchev–Trinajstić information content (AvgIpc) is 2.93. The number of terminal acetylenes is 1. The Bertz CT molecular complexity index is 521. The van der Waals surface area contributed by atoms with Crippen LogP contribution >= 0.6 is 0 Å². The number of nitrogens with one attached hydrogen (secondary N) is 1. The number of fused-ring (bicyclic) bond motifs is 3. The molecule has 0 unspecified atom stereocenters. The summed E-state index contributed by atoms with van der Waals surface area (Å²) in [6.45, 7) is 1.71. The summed E-state index contributed by atoms with van der Waals surface area (Å²) in [6, 6.07) is 1.19. The zero-order chi connectivity index (χ0) is 13.7. The predicted octanol–water partition coefficient (Wildman–Crippen LogP) is 0.830. The maximum Gasteiger partial charge on any atom is 0.331 e. The highest BCUT2D eigenvalue weighted by Crippen LogP contribution is 2.53. The number of carbonyl (C=O) groups is 1. The van der Waals surface area contributed by atoms with Crippen molar-refractivity contribution in [3.63, 3.8) is 0 Å². The summed E-state index contributed by atoms with van der Waals surface area (Å²) in [4.78, 5) is 14.4. The predicted molar refractivity (Wildman–Crippen MR) is 74.9 cm³/mol. The number of rotatable bonds is 2. The van der Waals surface area contributed by atoms with Gasteiger partial charge < -0.3 is 10.1 Å². The van der Waals surface area contributed by atoms with E-state index < -0.39 is 0 Å². The van der Waals surface area contributed by atoms with Crippen molar-refractivity contribution in [2.75, 3.05) is 13.1 Å². The van der Waals surface area contributed by atoms with E-state index in [4.69, 9.17) is 11.2 Å². The molecular weight excluding hydrogens is 252 g/mol. The number of hydrogen-bond acceptors (Lipinski definition) is 4. The van der Waals surface area contributed by atoms with Crippen LogP contribution in [-0.4, -0.2) is 47.7 Å². The maximum absolute atomic E-state index is 11.8. The van der Waals surface area contributed by atoms with Crippen LogP contribution in [0.5, 0.6) is 0 Å². The smallest absolute Gasteiger partial charge is 0.331 e. The van der Waals surface area contributed by atoms with E-state index >= 15 is 0 Å². The Morgan fingerprint density at radius 1 is 1.55 bits per heavy atom. The van der Waals surface area contributed by atoms with E-state index in [1.807, 2.05) is 0 Å². The molecular formula is C16H20N2O2. The third-order valence-electron chi connectivity index (χ3n) is 5.51. The van der Waals surface area contributed by atoms with E-state index in [1.165, 1.54) is 18.4 Å². The van der Waals surface area contributed by atoms with Crippen molar-refractivity contribution in [3.8, 4) is 12.3 Å². The lowest BCUT2D eigenvalue weighted by Crippen LogP contribution is -2.50. The van der Waals surface area contributed by atoms with Crippen LogP contribution in [0.15, 0.2) is 11.6 Å². The molecule has 2 saturated heterocycles. The third-order valence-corrected chi connectivity index (χ3v) is 5.51. The zero-order valence-electron chi connectivity index (χ0n) is 11.6. The fourth-order valence-electron chi connectivity index (χ4n) is 4.79. The summed E-state index contributed by atoms with van der Waals surface area (Å²) in [6.07, 6.45) is 12.6. The first-order valence-corrected chi connectivity index (χ1v) is 7.61. The minimum absolute atomic E-state index is 0.149. The molecule has 3 fully saturated rings. The van der Waals surface area contributed by atoms with Gasteiger partial charge in [-0.15, -0.1) is 6.42 Å². The summed E-state index contributed by atoms with van der Waals surface area (Å²) >= 11 is 0. The minimum Gasteiger partial charge on any atom is -0.450 e. The SMILES string of the molecule is C#CCN[C@H]1CC2=CC(=O)O[C@@]23C[C@@H]1N1CCCC[C@@H]13. The second kappa shape index (κ2) is 4.34. The Morgan fingerprint density at radius 2 is 2.45 bits per heavy atom. The van der Waals surface area contributed by atoms with Crippen LogP contribution in [0.3, 0.4) is 0 Å². The molecule has 0 amide bonds. The van der Waals surface area contributed by atoms with Gasteiger partial charge in [-0.3, -0.25) is 4.90 Å². The van der Waals surface area contributed by atoms with Gasteiger partial charge in [-0.2, -0.15) is 0 Å². The molecule has 4 atom stereocenters. The molecule has 3 heterocycles. The molecule has 20 heavy (non-hydrogen) atoms. The monoisotopic (exact) mass is 272 g/mol. The van der Waals surface area contributed by atoms with Crippen molar-refractivity contribution < 1.29 is 9.53 Å². The van der Waals surface area contributed by atoms with Crippen LogP contribution in [0.4, 0.5) is 0 Å². The highest BCUT2D eigenvalue weighted by atomic mass is 16.6. The van der Waals surface area contributed by atoms with Crippen molar-refractivity contribution in [2.24, 2.45) is 0 Å². The minimum atomic E-state index is -0.309. The molecule has 4 nitrogen and oxygen atoms in total. The molecule has 1 aliphatic carbocycles. The average molecular weight is 272 g/mol. The van der Waals surface area contributed by atoms with Crippen molar-refractivity contribution in [1.29, 1.82) is 0 Å². The van der Waals surface area contributed by atoms with Crippen LogP contribution in [-0.2, 0) is 9.53 Å². The number of ether oxygens (including phenoxy) is 1. The first kappa shape index (κ1) is 12.4. The second-order valence-electron chi connectivity index (χ2n) is 6.40. The number of carbonyl (C=O) groups excluding carboxylic acids is 1. The normalized spacial score (nSPS) is 42.5. The van der Waals surface area contributed by atoms with Crippen LogP contribution in [0.25, 0.3) is 0 Å². The van der Waals surface area contributed by atoms with Gasteiger partial charge in [0.25, 0.3) is 0 Å². The summed E-state index contributed by atoms with van der Waals surface area (Å²) in [5.41, 5.74) is 0.888. The van der Waals surface area contributed by atoms with Gasteiger partial charge in [-0.05, 0) is 31.4 Å². The van der Waals surface area contributed by atoms with E-state index in [-0.39, 0.29) is 11.6 Å². The number of esters is 1. The Balaban J connectivity index is 1.70. The number of hydrogen-bond donors (Lipinski definition) is 1. The van der Waals surface area contributed by atoms with E-state index in [2.05, 4.69) is 16.1 Å². The molecule has 0 aromatic heterocycles. The largest absolute Gasteiger partial charge is 0.450 e. The van der Waals surface area contributed by atoms with Crippen molar-refractivity contribution in [2.45, 2.75) is 55.8 Å². The molecule has 3 aliphatic heterocycles. The first-order chi connectivity index (χ1) is 9.74. The molecule has 1 N–H and O–H groups in total. The van der Waals surface area contributed by atoms with Gasteiger partial charge in [-0.1, -0.05) is 12.3 Å². The van der Waals surface area contributed by atoms with Crippen molar-refractivity contribution >= 4 is 5.97 Å². The lowest BCUT2D eigenvalue weighted by molar-refractivity contribution is -0.148. The van der Waals surface area contributed by atoms with Crippen molar-refractivity contribution in [1.82, 2.24) is 10.2 Å². The molecule has 0 aromatic rings. The summed E-state index contributed by atoms with van der Waals surface area (Å²) < 4.78 is 5.82. The molecule has 4 aliphatic rings. The highest BCUT2D eigenvalue weighted by Gasteiger charge is 2.63. The van der Waals surface area contributed by atoms with E-state index in [1.54, 1.807) is 6.08 Å². The van der Waals surface area contributed by atoms with Gasteiger partial charge in [0.05, 0.1) is 12.6 Å². The van der Waals surface area contributed by atoms with Crippen LogP contribution in [0.1, 0.15) is 32.1 Å². The Hall–Kier alpha value is -1.31. The fourth-order valence-corrected chi connectivity index (χ4v) is 4.79. The zero-order valence-corrected chi connectivity index (χ0v) is 11.6. The van der Waals surface area contributed by atoms with E-state index in [9.17, 15) is 4.79 Å². The number of nitrogens with zero attached hydrogens (tertiary/aromatic N) is 1. The molecule has 0 aromatic carbocycles. The molecule has 4 rings (SSSR count). The maximum atomic E-state index is 11.8. The lowest BCUT2D eigenvalue weighted by Gasteiger charge is -2.38. The molecule has 4 heteroatoms. The lowest BCUT2D eigenvalue weighted by atomic mass is 9.75. The fraction of sp³-hybridized carbons (Fsp3) is 0.688. The van der Waals surface area contributed by atoms with E-state index in [0.717, 1.165) is 25.8 Å². The molecule has 106 valence electrons. The van der Waals surface area contributed by atoms with Gasteiger partial charge in [0.15, 0.2) is 5.60 Å². The van der Waals surface area contributed by atoms with Gasteiger partial charge in [-0.25, -0.2) is 4.79 Å². The van der Waals surface area contributed by atoms with Gasteiger partial charge in [0.1, 0.15) is 0 Å². The van der Waals surface area contributed by atoms with Gasteiger partial charge in [0, 0.05) is 24.6 Å². The molecule has 1 saturated carbocycles. The molecule has 1 spiro atoms. The van der Waals surface area contributed by atoms with Gasteiger partial charge >= 0.3 is 5.97 Å².